The molecule has 0 atom stereocenters. The second-order valence-corrected chi connectivity index (χ2v) is 7.65. The third kappa shape index (κ3) is 3.98. The highest BCUT2D eigenvalue weighted by atomic mass is 16.1. The standard InChI is InChI=1S/C24H25N5O/c1-28(2)19-10-5-16(6-11-19)23-26-21-14-9-18(15-22(21)27-23)25-24(30)17-7-12-20(13-8-17)29(3)4/h5-15H,1-4H3,(H,25,30)(H,26,27). The van der Waals surface area contributed by atoms with Gasteiger partial charge in [-0.3, -0.25) is 4.79 Å². The molecule has 4 aromatic rings. The molecule has 0 bridgehead atoms. The number of aromatic amines is 1. The largest absolute Gasteiger partial charge is 0.378 e. The van der Waals surface area contributed by atoms with Crippen molar-refractivity contribution in [2.45, 2.75) is 0 Å². The summed E-state index contributed by atoms with van der Waals surface area (Å²) in [6.07, 6.45) is 0. The smallest absolute Gasteiger partial charge is 0.255 e. The Kier molecular flexibility index (Phi) is 5.14. The molecule has 1 heterocycles. The fourth-order valence-corrected chi connectivity index (χ4v) is 3.25. The number of rotatable bonds is 5. The zero-order valence-electron chi connectivity index (χ0n) is 17.6. The van der Waals surface area contributed by atoms with Crippen molar-refractivity contribution in [3.05, 3.63) is 72.3 Å². The van der Waals surface area contributed by atoms with Gasteiger partial charge in [-0.15, -0.1) is 0 Å². The molecule has 152 valence electrons. The van der Waals surface area contributed by atoms with E-state index < -0.39 is 0 Å². The van der Waals surface area contributed by atoms with Gasteiger partial charge in [-0.25, -0.2) is 4.98 Å². The van der Waals surface area contributed by atoms with Crippen LogP contribution in [0.5, 0.6) is 0 Å². The van der Waals surface area contributed by atoms with Gasteiger partial charge in [0.1, 0.15) is 5.82 Å². The molecule has 0 saturated carbocycles. The van der Waals surface area contributed by atoms with Crippen LogP contribution in [0.15, 0.2) is 66.7 Å². The maximum atomic E-state index is 12.6. The Labute approximate surface area is 176 Å². The number of anilines is 3. The summed E-state index contributed by atoms with van der Waals surface area (Å²) >= 11 is 0. The molecule has 0 aliphatic carbocycles. The fraction of sp³-hybridized carbons (Fsp3) is 0.167. The van der Waals surface area contributed by atoms with Crippen LogP contribution >= 0.6 is 0 Å². The molecule has 2 N–H and O–H groups in total. The summed E-state index contributed by atoms with van der Waals surface area (Å²) in [6, 6.07) is 21.4. The molecule has 0 unspecified atom stereocenters. The summed E-state index contributed by atoms with van der Waals surface area (Å²) < 4.78 is 0. The first kappa shape index (κ1) is 19.5. The number of nitrogens with zero attached hydrogens (tertiary/aromatic N) is 3. The van der Waals surface area contributed by atoms with Gasteiger partial charge < -0.3 is 20.1 Å². The highest BCUT2D eigenvalue weighted by molar-refractivity contribution is 6.05. The Balaban J connectivity index is 1.54. The van der Waals surface area contributed by atoms with Gasteiger partial charge in [0.15, 0.2) is 0 Å². The number of amides is 1. The second-order valence-electron chi connectivity index (χ2n) is 7.65. The van der Waals surface area contributed by atoms with Crippen LogP contribution in [0.25, 0.3) is 22.4 Å². The monoisotopic (exact) mass is 399 g/mol. The fourth-order valence-electron chi connectivity index (χ4n) is 3.25. The molecule has 0 spiro atoms. The summed E-state index contributed by atoms with van der Waals surface area (Å²) in [5.41, 5.74) is 6.27. The van der Waals surface area contributed by atoms with Crippen molar-refractivity contribution in [2.24, 2.45) is 0 Å². The third-order valence-electron chi connectivity index (χ3n) is 5.04. The van der Waals surface area contributed by atoms with Crippen LogP contribution in [0.1, 0.15) is 10.4 Å². The van der Waals surface area contributed by atoms with Crippen molar-refractivity contribution in [3.8, 4) is 11.4 Å². The summed E-state index contributed by atoms with van der Waals surface area (Å²) in [6.45, 7) is 0. The SMILES string of the molecule is CN(C)c1ccc(C(=O)Nc2ccc3[nH]c(-c4ccc(N(C)C)cc4)nc3c2)cc1. The number of H-pyrrole nitrogens is 1. The van der Waals surface area contributed by atoms with Gasteiger partial charge in [-0.2, -0.15) is 0 Å². The molecule has 0 saturated heterocycles. The van der Waals surface area contributed by atoms with Crippen molar-refractivity contribution >= 4 is 34.0 Å². The van der Waals surface area contributed by atoms with Gasteiger partial charge >= 0.3 is 0 Å². The summed E-state index contributed by atoms with van der Waals surface area (Å²) in [4.78, 5) is 24.7. The zero-order chi connectivity index (χ0) is 21.3. The van der Waals surface area contributed by atoms with Gasteiger partial charge in [0.25, 0.3) is 5.91 Å². The minimum atomic E-state index is -0.144. The molecule has 1 aromatic heterocycles. The van der Waals surface area contributed by atoms with E-state index in [0.717, 1.165) is 33.8 Å². The molecule has 0 aliphatic rings. The highest BCUT2D eigenvalue weighted by Crippen LogP contribution is 2.25. The maximum Gasteiger partial charge on any atom is 0.255 e. The molecular formula is C24H25N5O. The van der Waals surface area contributed by atoms with E-state index in [1.807, 2.05) is 87.7 Å². The average Bonchev–Trinajstić information content (AvgIpc) is 3.17. The number of aromatic nitrogens is 2. The number of carbonyl (C=O) groups is 1. The minimum absolute atomic E-state index is 0.144. The Morgan fingerprint density at radius 3 is 2.03 bits per heavy atom. The van der Waals surface area contributed by atoms with E-state index in [1.165, 1.54) is 0 Å². The molecule has 6 heteroatoms. The van der Waals surface area contributed by atoms with Gasteiger partial charge in [0.2, 0.25) is 0 Å². The lowest BCUT2D eigenvalue weighted by Crippen LogP contribution is -2.13. The number of nitrogens with one attached hydrogen (secondary N) is 2. The Hall–Kier alpha value is -3.80. The molecule has 4 rings (SSSR count). The molecule has 0 fully saturated rings. The predicted octanol–water partition coefficient (Wildman–Crippen LogP) is 4.61. The average molecular weight is 399 g/mol. The number of fused-ring (bicyclic) bond motifs is 1. The van der Waals surface area contributed by atoms with Crippen molar-refractivity contribution in [2.75, 3.05) is 43.3 Å². The van der Waals surface area contributed by atoms with Crippen LogP contribution in [0.3, 0.4) is 0 Å². The van der Waals surface area contributed by atoms with Crippen molar-refractivity contribution < 1.29 is 4.79 Å². The lowest BCUT2D eigenvalue weighted by Gasteiger charge is -2.12. The first-order valence-corrected chi connectivity index (χ1v) is 9.77. The van der Waals surface area contributed by atoms with Gasteiger partial charge in [0.05, 0.1) is 11.0 Å². The van der Waals surface area contributed by atoms with Crippen LogP contribution in [0.2, 0.25) is 0 Å². The van der Waals surface area contributed by atoms with E-state index in [0.29, 0.717) is 11.3 Å². The van der Waals surface area contributed by atoms with Crippen LogP contribution in [-0.2, 0) is 0 Å². The number of imidazole rings is 1. The molecule has 1 amide bonds. The highest BCUT2D eigenvalue weighted by Gasteiger charge is 2.10. The molecule has 6 nitrogen and oxygen atoms in total. The number of carbonyl (C=O) groups excluding carboxylic acids is 1. The molecule has 3 aromatic carbocycles. The summed E-state index contributed by atoms with van der Waals surface area (Å²) in [7, 11) is 7.98. The van der Waals surface area contributed by atoms with E-state index in [2.05, 4.69) is 27.3 Å². The minimum Gasteiger partial charge on any atom is -0.378 e. The normalized spacial score (nSPS) is 10.8. The Morgan fingerprint density at radius 2 is 1.43 bits per heavy atom. The summed E-state index contributed by atoms with van der Waals surface area (Å²) in [5.74, 6) is 0.660. The second kappa shape index (κ2) is 7.91. The molecule has 30 heavy (non-hydrogen) atoms. The van der Waals surface area contributed by atoms with E-state index in [9.17, 15) is 4.79 Å². The van der Waals surface area contributed by atoms with Crippen LogP contribution in [0, 0.1) is 0 Å². The van der Waals surface area contributed by atoms with Crippen molar-refractivity contribution in [3.63, 3.8) is 0 Å². The van der Waals surface area contributed by atoms with E-state index in [1.54, 1.807) is 0 Å². The van der Waals surface area contributed by atoms with Crippen molar-refractivity contribution in [1.29, 1.82) is 0 Å². The number of hydrogen-bond donors (Lipinski definition) is 2. The third-order valence-corrected chi connectivity index (χ3v) is 5.04. The lowest BCUT2D eigenvalue weighted by molar-refractivity contribution is 0.102. The topological polar surface area (TPSA) is 64.3 Å². The maximum absolute atomic E-state index is 12.6. The van der Waals surface area contributed by atoms with Crippen LogP contribution < -0.4 is 15.1 Å². The first-order valence-electron chi connectivity index (χ1n) is 9.77. The van der Waals surface area contributed by atoms with E-state index in [-0.39, 0.29) is 5.91 Å². The van der Waals surface area contributed by atoms with Crippen molar-refractivity contribution in [1.82, 2.24) is 9.97 Å². The van der Waals surface area contributed by atoms with Gasteiger partial charge in [-0.1, -0.05) is 0 Å². The van der Waals surface area contributed by atoms with Gasteiger partial charge in [0, 0.05) is 56.4 Å². The Bertz CT molecular complexity index is 1170. The number of benzene rings is 3. The van der Waals surface area contributed by atoms with Gasteiger partial charge in [-0.05, 0) is 66.7 Å². The molecular weight excluding hydrogens is 374 g/mol. The zero-order valence-corrected chi connectivity index (χ0v) is 17.6. The Morgan fingerprint density at radius 1 is 0.833 bits per heavy atom. The van der Waals surface area contributed by atoms with Crippen LogP contribution in [0.4, 0.5) is 17.1 Å². The first-order chi connectivity index (χ1) is 14.4. The quantitative estimate of drug-likeness (QED) is 0.514. The molecule has 0 aliphatic heterocycles. The lowest BCUT2D eigenvalue weighted by atomic mass is 10.2. The van der Waals surface area contributed by atoms with E-state index in [4.69, 9.17) is 4.98 Å². The summed E-state index contributed by atoms with van der Waals surface area (Å²) in [5, 5.41) is 2.96. The van der Waals surface area contributed by atoms with Crippen LogP contribution in [-0.4, -0.2) is 44.1 Å². The molecule has 0 radical (unpaired) electrons. The van der Waals surface area contributed by atoms with E-state index >= 15 is 0 Å². The number of hydrogen-bond acceptors (Lipinski definition) is 4. The predicted molar refractivity (Wildman–Crippen MR) is 125 cm³/mol.